The molecule has 0 bridgehead atoms. The number of likely N-dealkylation sites (N-methyl/N-ethyl adjacent to an activating group) is 1. The summed E-state index contributed by atoms with van der Waals surface area (Å²) in [6, 6.07) is 7.11. The molecular formula is C10H13N5O. The molecule has 0 saturated heterocycles. The van der Waals surface area contributed by atoms with Crippen molar-refractivity contribution in [2.45, 2.75) is 0 Å². The van der Waals surface area contributed by atoms with Crippen LogP contribution in [0.3, 0.4) is 0 Å². The summed E-state index contributed by atoms with van der Waals surface area (Å²) < 4.78 is 0. The normalized spacial score (nSPS) is 10.6. The Labute approximate surface area is 92.9 Å². The van der Waals surface area contributed by atoms with Crippen LogP contribution in [-0.4, -0.2) is 30.2 Å². The third kappa shape index (κ3) is 2.17. The minimum Gasteiger partial charge on any atom is -0.594 e. The van der Waals surface area contributed by atoms with E-state index in [2.05, 4.69) is 20.7 Å². The van der Waals surface area contributed by atoms with Gasteiger partial charge in [0.05, 0.1) is 5.10 Å². The maximum Gasteiger partial charge on any atom is 0.290 e. The molecule has 0 aliphatic carbocycles. The number of fused-ring (bicyclic) bond motifs is 1. The van der Waals surface area contributed by atoms with Gasteiger partial charge in [-0.1, -0.05) is 12.1 Å². The minimum atomic E-state index is 0.351. The number of benzene rings is 1. The first-order chi connectivity index (χ1) is 7.81. The molecule has 2 N–H and O–H groups in total. The molecule has 0 spiro atoms. The lowest BCUT2D eigenvalue weighted by molar-refractivity contribution is -0.641. The van der Waals surface area contributed by atoms with Crippen molar-refractivity contribution in [2.24, 2.45) is 0 Å². The van der Waals surface area contributed by atoms with E-state index >= 15 is 0 Å². The Bertz CT molecular complexity index is 488. The van der Waals surface area contributed by atoms with Gasteiger partial charge < -0.3 is 15.8 Å². The van der Waals surface area contributed by atoms with E-state index in [0.29, 0.717) is 28.4 Å². The second-order valence-electron chi connectivity index (χ2n) is 3.33. The molecule has 6 heteroatoms. The zero-order valence-electron chi connectivity index (χ0n) is 8.97. The van der Waals surface area contributed by atoms with E-state index in [-0.39, 0.29) is 0 Å². The lowest BCUT2D eigenvalue weighted by Crippen LogP contribution is -2.34. The first-order valence-electron chi connectivity index (χ1n) is 5.06. The molecule has 1 aromatic carbocycles. The van der Waals surface area contributed by atoms with E-state index in [1.807, 2.05) is 13.1 Å². The van der Waals surface area contributed by atoms with Crippen molar-refractivity contribution < 1.29 is 4.85 Å². The predicted octanol–water partition coefficient (Wildman–Crippen LogP) is -0.106. The van der Waals surface area contributed by atoms with Gasteiger partial charge in [0, 0.05) is 19.2 Å². The Balaban J connectivity index is 2.27. The fourth-order valence-corrected chi connectivity index (χ4v) is 1.37. The highest BCUT2D eigenvalue weighted by Gasteiger charge is 2.08. The molecule has 6 nitrogen and oxygen atoms in total. The maximum atomic E-state index is 11.5. The zero-order chi connectivity index (χ0) is 11.4. The molecule has 0 fully saturated rings. The van der Waals surface area contributed by atoms with Crippen molar-refractivity contribution in [3.05, 3.63) is 29.5 Å². The van der Waals surface area contributed by atoms with Crippen LogP contribution in [0.2, 0.25) is 0 Å². The van der Waals surface area contributed by atoms with Crippen molar-refractivity contribution >= 4 is 17.0 Å². The Kier molecular flexibility index (Phi) is 3.11. The van der Waals surface area contributed by atoms with Crippen molar-refractivity contribution in [1.29, 1.82) is 0 Å². The number of anilines is 1. The van der Waals surface area contributed by atoms with Crippen LogP contribution < -0.4 is 15.5 Å². The van der Waals surface area contributed by atoms with Crippen molar-refractivity contribution in [3.8, 4) is 0 Å². The summed E-state index contributed by atoms with van der Waals surface area (Å²) in [6.07, 6.45) is 0. The number of nitrogens with one attached hydrogen (secondary N) is 2. The summed E-state index contributed by atoms with van der Waals surface area (Å²) in [5.41, 5.74) is 1.11. The molecule has 0 unspecified atom stereocenters. The van der Waals surface area contributed by atoms with Crippen LogP contribution in [0.5, 0.6) is 0 Å². The average Bonchev–Trinajstić information content (AvgIpc) is 2.30. The van der Waals surface area contributed by atoms with Crippen molar-refractivity contribution in [2.75, 3.05) is 25.5 Å². The average molecular weight is 219 g/mol. The second-order valence-corrected chi connectivity index (χ2v) is 3.33. The number of rotatable bonds is 4. The summed E-state index contributed by atoms with van der Waals surface area (Å²) in [6.45, 7) is 1.46. The van der Waals surface area contributed by atoms with E-state index < -0.39 is 0 Å². The van der Waals surface area contributed by atoms with Gasteiger partial charge in [0.2, 0.25) is 0 Å². The highest BCUT2D eigenvalue weighted by molar-refractivity contribution is 5.71. The van der Waals surface area contributed by atoms with E-state index in [9.17, 15) is 5.21 Å². The van der Waals surface area contributed by atoms with Crippen molar-refractivity contribution in [1.82, 2.24) is 15.4 Å². The van der Waals surface area contributed by atoms with E-state index in [0.717, 1.165) is 6.54 Å². The van der Waals surface area contributed by atoms with Gasteiger partial charge in [-0.3, -0.25) is 0 Å². The molecule has 0 atom stereocenters. The van der Waals surface area contributed by atoms with Crippen molar-refractivity contribution in [3.63, 3.8) is 0 Å². The van der Waals surface area contributed by atoms with E-state index in [1.54, 1.807) is 18.2 Å². The first-order valence-corrected chi connectivity index (χ1v) is 5.06. The van der Waals surface area contributed by atoms with Crippen LogP contribution >= 0.6 is 0 Å². The van der Waals surface area contributed by atoms with Gasteiger partial charge in [0.15, 0.2) is 0 Å². The first kappa shape index (κ1) is 10.6. The molecule has 0 aliphatic heterocycles. The van der Waals surface area contributed by atoms with Gasteiger partial charge in [-0.25, -0.2) is 4.98 Å². The van der Waals surface area contributed by atoms with E-state index in [4.69, 9.17) is 0 Å². The Hall–Kier alpha value is -1.95. The summed E-state index contributed by atoms with van der Waals surface area (Å²) in [4.78, 5) is 4.82. The summed E-state index contributed by atoms with van der Waals surface area (Å²) in [5.74, 6) is 0.351. The Morgan fingerprint density at radius 3 is 2.94 bits per heavy atom. The van der Waals surface area contributed by atoms with Crippen LogP contribution in [0.1, 0.15) is 0 Å². The topological polar surface area (TPSA) is 76.8 Å². The van der Waals surface area contributed by atoms with Gasteiger partial charge in [0.1, 0.15) is 5.52 Å². The number of aromatic nitrogens is 3. The fraction of sp³-hybridized carbons (Fsp3) is 0.300. The van der Waals surface area contributed by atoms with Gasteiger partial charge in [-0.05, 0) is 18.0 Å². The largest absolute Gasteiger partial charge is 0.594 e. The number of hydrogen-bond acceptors (Lipinski definition) is 5. The molecule has 0 amide bonds. The molecule has 0 radical (unpaired) electrons. The number of hydrogen-bond donors (Lipinski definition) is 2. The Morgan fingerprint density at radius 1 is 1.31 bits per heavy atom. The molecular weight excluding hydrogens is 206 g/mol. The van der Waals surface area contributed by atoms with Crippen LogP contribution in [0, 0.1) is 5.21 Å². The lowest BCUT2D eigenvalue weighted by Gasteiger charge is -2.04. The smallest absolute Gasteiger partial charge is 0.290 e. The molecule has 84 valence electrons. The highest BCUT2D eigenvalue weighted by Crippen LogP contribution is 2.06. The SMILES string of the molecule is CNCCNc1nc2ccccc2[n+]([O-])n1. The van der Waals surface area contributed by atoms with Crippen LogP contribution in [-0.2, 0) is 0 Å². The molecule has 16 heavy (non-hydrogen) atoms. The summed E-state index contributed by atoms with van der Waals surface area (Å²) in [7, 11) is 1.86. The lowest BCUT2D eigenvalue weighted by atomic mass is 10.3. The van der Waals surface area contributed by atoms with Gasteiger partial charge in [0.25, 0.3) is 11.5 Å². The monoisotopic (exact) mass is 219 g/mol. The number of nitrogens with zero attached hydrogens (tertiary/aromatic N) is 3. The van der Waals surface area contributed by atoms with Gasteiger partial charge >= 0.3 is 0 Å². The molecule has 0 saturated carbocycles. The quantitative estimate of drug-likeness (QED) is 0.426. The maximum absolute atomic E-state index is 11.5. The molecule has 1 heterocycles. The third-order valence-corrected chi connectivity index (χ3v) is 2.16. The van der Waals surface area contributed by atoms with Gasteiger partial charge in [-0.15, -0.1) is 0 Å². The third-order valence-electron chi connectivity index (χ3n) is 2.16. The number of para-hydroxylation sites is 2. The zero-order valence-corrected chi connectivity index (χ0v) is 8.97. The van der Waals surface area contributed by atoms with Crippen LogP contribution in [0.25, 0.3) is 11.0 Å². The minimum absolute atomic E-state index is 0.351. The summed E-state index contributed by atoms with van der Waals surface area (Å²) in [5, 5.41) is 21.3. The molecule has 1 aromatic heterocycles. The molecule has 0 aliphatic rings. The van der Waals surface area contributed by atoms with Gasteiger partial charge in [-0.2, -0.15) is 0 Å². The molecule has 2 aromatic rings. The standard InChI is InChI=1S/C10H13N5O/c1-11-6-7-12-10-13-8-4-2-3-5-9(8)15(16)14-10/h2-5,11H,6-7H2,1H3,(H,12,13,14). The predicted molar refractivity (Wildman–Crippen MR) is 60.9 cm³/mol. The fourth-order valence-electron chi connectivity index (χ4n) is 1.37. The second kappa shape index (κ2) is 4.71. The highest BCUT2D eigenvalue weighted by atomic mass is 16.5. The molecule has 2 rings (SSSR count). The van der Waals surface area contributed by atoms with Crippen LogP contribution in [0.15, 0.2) is 24.3 Å². The van der Waals surface area contributed by atoms with E-state index in [1.165, 1.54) is 0 Å². The van der Waals surface area contributed by atoms with Crippen LogP contribution in [0.4, 0.5) is 5.95 Å². The summed E-state index contributed by atoms with van der Waals surface area (Å²) >= 11 is 0. The Morgan fingerprint density at radius 2 is 2.12 bits per heavy atom.